The van der Waals surface area contributed by atoms with Gasteiger partial charge in [-0.2, -0.15) is 4.31 Å². The Kier molecular flexibility index (Phi) is 9.74. The molecule has 4 aromatic carbocycles. The zero-order valence-electron chi connectivity index (χ0n) is 24.2. The molecule has 0 aliphatic heterocycles. The average molecular weight is 627 g/mol. The molecule has 0 heterocycles. The normalized spacial score (nSPS) is 11.7. The van der Waals surface area contributed by atoms with Crippen molar-refractivity contribution in [2.75, 3.05) is 39.7 Å². The standard InChI is InChI=1S/C30H31ClN4O7S/c1-6-35(7-2)43(38,39)19-12-13-25(40-3)24(15-19)33-34-28-20-11-9-8-10-18(20)14-21(29(28)36)30(37)32-23-17-27(42-5)26(41-4)16-22(23)31/h8-17,36H,6-7H2,1-5H3,(H,32,37). The smallest absolute Gasteiger partial charge is 0.259 e. The number of amides is 1. The zero-order valence-corrected chi connectivity index (χ0v) is 25.8. The van der Waals surface area contributed by atoms with Crippen LogP contribution in [-0.4, -0.2) is 58.2 Å². The van der Waals surface area contributed by atoms with Crippen LogP contribution in [0, 0.1) is 0 Å². The van der Waals surface area contributed by atoms with Crippen molar-refractivity contribution in [3.8, 4) is 23.0 Å². The first-order valence-electron chi connectivity index (χ1n) is 13.2. The summed E-state index contributed by atoms with van der Waals surface area (Å²) in [6.45, 7) is 4.10. The third-order valence-electron chi connectivity index (χ3n) is 6.71. The Balaban J connectivity index is 1.80. The van der Waals surface area contributed by atoms with Gasteiger partial charge < -0.3 is 24.6 Å². The summed E-state index contributed by atoms with van der Waals surface area (Å²) < 4.78 is 43.5. The molecule has 0 saturated heterocycles. The molecule has 0 aliphatic rings. The third-order valence-corrected chi connectivity index (χ3v) is 9.07. The van der Waals surface area contributed by atoms with Gasteiger partial charge in [0.15, 0.2) is 17.2 Å². The number of ether oxygens (including phenoxy) is 3. The van der Waals surface area contributed by atoms with Crippen LogP contribution in [0.3, 0.4) is 0 Å². The molecule has 13 heteroatoms. The second-order valence-corrected chi connectivity index (χ2v) is 11.5. The van der Waals surface area contributed by atoms with Crippen LogP contribution in [0.15, 0.2) is 75.8 Å². The Morgan fingerprint density at radius 1 is 0.907 bits per heavy atom. The quantitative estimate of drug-likeness (QED) is 0.172. The lowest BCUT2D eigenvalue weighted by Gasteiger charge is -2.18. The second kappa shape index (κ2) is 13.3. The van der Waals surface area contributed by atoms with E-state index in [1.807, 2.05) is 0 Å². The SMILES string of the molecule is CCN(CC)S(=O)(=O)c1ccc(OC)c(N=Nc2c(O)c(C(=O)Nc3cc(OC)c(OC)cc3Cl)cc3ccccc23)c1. The fourth-order valence-electron chi connectivity index (χ4n) is 4.46. The Labute approximate surface area is 254 Å². The number of hydrogen-bond acceptors (Lipinski definition) is 9. The number of sulfonamides is 1. The van der Waals surface area contributed by atoms with E-state index in [0.717, 1.165) is 0 Å². The van der Waals surface area contributed by atoms with E-state index in [-0.39, 0.29) is 38.3 Å². The van der Waals surface area contributed by atoms with Gasteiger partial charge in [0.05, 0.1) is 42.5 Å². The minimum atomic E-state index is -3.79. The fraction of sp³-hybridized carbons (Fsp3) is 0.233. The lowest BCUT2D eigenvalue weighted by Crippen LogP contribution is -2.30. The van der Waals surface area contributed by atoms with Crippen molar-refractivity contribution in [3.05, 3.63) is 71.2 Å². The van der Waals surface area contributed by atoms with Crippen molar-refractivity contribution < 1.29 is 32.5 Å². The van der Waals surface area contributed by atoms with E-state index in [2.05, 4.69) is 15.5 Å². The van der Waals surface area contributed by atoms with Crippen LogP contribution in [0.5, 0.6) is 23.0 Å². The maximum atomic E-state index is 13.4. The molecule has 0 bridgehead atoms. The van der Waals surface area contributed by atoms with Crippen molar-refractivity contribution in [1.29, 1.82) is 0 Å². The van der Waals surface area contributed by atoms with Crippen LogP contribution in [0.25, 0.3) is 10.8 Å². The number of phenols is 1. The number of carbonyl (C=O) groups excluding carboxylic acids is 1. The Bertz CT molecular complexity index is 1810. The highest BCUT2D eigenvalue weighted by atomic mass is 35.5. The van der Waals surface area contributed by atoms with Gasteiger partial charge in [0.25, 0.3) is 5.91 Å². The summed E-state index contributed by atoms with van der Waals surface area (Å²) in [5, 5.41) is 23.8. The molecule has 1 amide bonds. The van der Waals surface area contributed by atoms with E-state index in [1.54, 1.807) is 38.1 Å². The number of halogens is 1. The molecule has 0 radical (unpaired) electrons. The summed E-state index contributed by atoms with van der Waals surface area (Å²) in [5.41, 5.74) is 0.256. The molecule has 2 N–H and O–H groups in total. The number of methoxy groups -OCH3 is 3. The number of rotatable bonds is 11. The molecule has 0 aliphatic carbocycles. The number of azo groups is 1. The van der Waals surface area contributed by atoms with Gasteiger partial charge >= 0.3 is 0 Å². The second-order valence-electron chi connectivity index (χ2n) is 9.11. The van der Waals surface area contributed by atoms with Crippen LogP contribution < -0.4 is 19.5 Å². The van der Waals surface area contributed by atoms with Gasteiger partial charge in [-0.25, -0.2) is 8.42 Å². The van der Waals surface area contributed by atoms with Crippen LogP contribution in [-0.2, 0) is 10.0 Å². The molecule has 0 saturated carbocycles. The first kappa shape index (κ1) is 31.5. The molecular formula is C30H31ClN4O7S. The van der Waals surface area contributed by atoms with Crippen molar-refractivity contribution in [1.82, 2.24) is 4.31 Å². The third kappa shape index (κ3) is 6.36. The molecule has 226 valence electrons. The number of phenolic OH excluding ortho intramolecular Hbond substituents is 1. The van der Waals surface area contributed by atoms with E-state index in [0.29, 0.717) is 35.4 Å². The number of nitrogens with zero attached hydrogens (tertiary/aromatic N) is 3. The summed E-state index contributed by atoms with van der Waals surface area (Å²) >= 11 is 6.36. The van der Waals surface area contributed by atoms with Crippen LogP contribution >= 0.6 is 11.6 Å². The Morgan fingerprint density at radius 2 is 1.56 bits per heavy atom. The van der Waals surface area contributed by atoms with Crippen LogP contribution in [0.1, 0.15) is 24.2 Å². The highest BCUT2D eigenvalue weighted by molar-refractivity contribution is 7.89. The highest BCUT2D eigenvalue weighted by Crippen LogP contribution is 2.42. The van der Waals surface area contributed by atoms with Gasteiger partial charge in [0.1, 0.15) is 17.1 Å². The molecule has 0 atom stereocenters. The van der Waals surface area contributed by atoms with E-state index in [1.165, 1.54) is 62.0 Å². The van der Waals surface area contributed by atoms with Crippen molar-refractivity contribution in [3.63, 3.8) is 0 Å². The predicted octanol–water partition coefficient (Wildman–Crippen LogP) is 6.92. The molecule has 0 spiro atoms. The number of aromatic hydroxyl groups is 1. The van der Waals surface area contributed by atoms with E-state index in [9.17, 15) is 18.3 Å². The van der Waals surface area contributed by atoms with Gasteiger partial charge in [-0.3, -0.25) is 4.79 Å². The summed E-state index contributed by atoms with van der Waals surface area (Å²) in [5.74, 6) is -0.117. The molecule has 11 nitrogen and oxygen atoms in total. The minimum absolute atomic E-state index is 0.000662. The van der Waals surface area contributed by atoms with Gasteiger partial charge in [-0.1, -0.05) is 49.7 Å². The molecular weight excluding hydrogens is 596 g/mol. The maximum Gasteiger partial charge on any atom is 0.259 e. The lowest BCUT2D eigenvalue weighted by molar-refractivity contribution is 0.102. The minimum Gasteiger partial charge on any atom is -0.505 e. The molecule has 0 aromatic heterocycles. The molecule has 4 aromatic rings. The molecule has 4 rings (SSSR count). The van der Waals surface area contributed by atoms with E-state index < -0.39 is 21.7 Å². The number of carbonyl (C=O) groups is 1. The van der Waals surface area contributed by atoms with E-state index >= 15 is 0 Å². The summed E-state index contributed by atoms with van der Waals surface area (Å²) in [4.78, 5) is 13.4. The topological polar surface area (TPSA) is 139 Å². The lowest BCUT2D eigenvalue weighted by atomic mass is 10.0. The van der Waals surface area contributed by atoms with Crippen LogP contribution in [0.4, 0.5) is 17.1 Å². The maximum absolute atomic E-state index is 13.4. The molecule has 0 fully saturated rings. The number of hydrogen-bond donors (Lipinski definition) is 2. The fourth-order valence-corrected chi connectivity index (χ4v) is 6.14. The van der Waals surface area contributed by atoms with E-state index in [4.69, 9.17) is 25.8 Å². The van der Waals surface area contributed by atoms with Crippen molar-refractivity contribution >= 4 is 55.4 Å². The zero-order chi connectivity index (χ0) is 31.3. The first-order chi connectivity index (χ1) is 20.6. The number of anilines is 1. The first-order valence-corrected chi connectivity index (χ1v) is 15.0. The monoisotopic (exact) mass is 626 g/mol. The van der Waals surface area contributed by atoms with Gasteiger partial charge in [-0.15, -0.1) is 10.2 Å². The summed E-state index contributed by atoms with van der Waals surface area (Å²) in [6.07, 6.45) is 0. The predicted molar refractivity (Wildman–Crippen MR) is 165 cm³/mol. The molecule has 43 heavy (non-hydrogen) atoms. The Hall–Kier alpha value is -4.39. The van der Waals surface area contributed by atoms with Crippen molar-refractivity contribution in [2.24, 2.45) is 10.2 Å². The number of nitrogens with one attached hydrogen (secondary N) is 1. The number of fused-ring (bicyclic) bond motifs is 1. The number of benzene rings is 4. The van der Waals surface area contributed by atoms with Gasteiger partial charge in [0.2, 0.25) is 10.0 Å². The van der Waals surface area contributed by atoms with Gasteiger partial charge in [0, 0.05) is 30.6 Å². The van der Waals surface area contributed by atoms with Crippen molar-refractivity contribution in [2.45, 2.75) is 18.7 Å². The average Bonchev–Trinajstić information content (AvgIpc) is 3.01. The van der Waals surface area contributed by atoms with Gasteiger partial charge in [-0.05, 0) is 29.7 Å². The molecule has 0 unspecified atom stereocenters. The summed E-state index contributed by atoms with van der Waals surface area (Å²) in [7, 11) is 0.547. The van der Waals surface area contributed by atoms with Crippen LogP contribution in [0.2, 0.25) is 5.02 Å². The largest absolute Gasteiger partial charge is 0.505 e. The highest BCUT2D eigenvalue weighted by Gasteiger charge is 2.24. The Morgan fingerprint density at radius 3 is 2.21 bits per heavy atom. The summed E-state index contributed by atoms with van der Waals surface area (Å²) in [6, 6.07) is 15.8.